The van der Waals surface area contributed by atoms with Gasteiger partial charge in [0.2, 0.25) is 5.91 Å². The fraction of sp³-hybridized carbons (Fsp3) is 0.188. The highest BCUT2D eigenvalue weighted by Gasteiger charge is 2.13. The van der Waals surface area contributed by atoms with Gasteiger partial charge in [-0.1, -0.05) is 42.5 Å². The van der Waals surface area contributed by atoms with Gasteiger partial charge in [0.05, 0.1) is 19.1 Å². The van der Waals surface area contributed by atoms with Crippen molar-refractivity contribution in [3.05, 3.63) is 71.5 Å². The summed E-state index contributed by atoms with van der Waals surface area (Å²) >= 11 is 0. The first kappa shape index (κ1) is 15.2. The molecule has 0 radical (unpaired) electrons. The van der Waals surface area contributed by atoms with E-state index in [1.807, 2.05) is 30.3 Å². The number of carbonyl (C=O) groups excluding carboxylic acids is 1. The molecule has 5 heteroatoms. The number of aliphatic hydroxyl groups is 1. The van der Waals surface area contributed by atoms with Crippen molar-refractivity contribution in [2.45, 2.75) is 19.1 Å². The Morgan fingerprint density at radius 2 is 1.95 bits per heavy atom. The molecule has 0 fully saturated rings. The van der Waals surface area contributed by atoms with Crippen LogP contribution in [0.15, 0.2) is 54.6 Å². The average Bonchev–Trinajstić information content (AvgIpc) is 2.48. The SMILES string of the molecule is O=C(C[C@H](O)c1cccc(F)c1)NOCc1ccccc1. The number of hydrogen-bond acceptors (Lipinski definition) is 3. The lowest BCUT2D eigenvalue weighted by Gasteiger charge is -2.11. The molecule has 0 saturated heterocycles. The van der Waals surface area contributed by atoms with Crippen LogP contribution in [0.5, 0.6) is 0 Å². The largest absolute Gasteiger partial charge is 0.388 e. The maximum atomic E-state index is 13.0. The van der Waals surface area contributed by atoms with Crippen LogP contribution in [0.2, 0.25) is 0 Å². The van der Waals surface area contributed by atoms with Gasteiger partial charge in [-0.3, -0.25) is 9.63 Å². The summed E-state index contributed by atoms with van der Waals surface area (Å²) in [6.07, 6.45) is -1.26. The Morgan fingerprint density at radius 1 is 1.19 bits per heavy atom. The molecule has 1 amide bonds. The number of benzene rings is 2. The van der Waals surface area contributed by atoms with Gasteiger partial charge >= 0.3 is 0 Å². The van der Waals surface area contributed by atoms with E-state index in [-0.39, 0.29) is 13.0 Å². The molecule has 0 heterocycles. The number of carbonyl (C=O) groups is 1. The highest BCUT2D eigenvalue weighted by Crippen LogP contribution is 2.17. The monoisotopic (exact) mass is 289 g/mol. The molecular weight excluding hydrogens is 273 g/mol. The minimum Gasteiger partial charge on any atom is -0.388 e. The van der Waals surface area contributed by atoms with Gasteiger partial charge in [-0.15, -0.1) is 0 Å². The van der Waals surface area contributed by atoms with Crippen molar-refractivity contribution in [2.75, 3.05) is 0 Å². The van der Waals surface area contributed by atoms with Gasteiger partial charge in [-0.25, -0.2) is 9.87 Å². The highest BCUT2D eigenvalue weighted by molar-refractivity contribution is 5.75. The molecule has 0 saturated carbocycles. The Hall–Kier alpha value is -2.24. The molecule has 0 spiro atoms. The van der Waals surface area contributed by atoms with E-state index < -0.39 is 17.8 Å². The van der Waals surface area contributed by atoms with Crippen molar-refractivity contribution in [1.82, 2.24) is 5.48 Å². The molecule has 1 atom stereocenters. The van der Waals surface area contributed by atoms with E-state index in [4.69, 9.17) is 4.84 Å². The van der Waals surface area contributed by atoms with Crippen molar-refractivity contribution >= 4 is 5.91 Å². The molecule has 2 aromatic rings. The Labute approximate surface area is 122 Å². The van der Waals surface area contributed by atoms with E-state index >= 15 is 0 Å². The molecule has 2 N–H and O–H groups in total. The van der Waals surface area contributed by atoms with Gasteiger partial charge in [0, 0.05) is 0 Å². The van der Waals surface area contributed by atoms with Crippen LogP contribution in [-0.4, -0.2) is 11.0 Å². The van der Waals surface area contributed by atoms with E-state index in [1.165, 1.54) is 18.2 Å². The van der Waals surface area contributed by atoms with Gasteiger partial charge < -0.3 is 5.11 Å². The lowest BCUT2D eigenvalue weighted by atomic mass is 10.1. The quantitative estimate of drug-likeness (QED) is 0.803. The molecule has 0 bridgehead atoms. The predicted molar refractivity (Wildman–Crippen MR) is 75.4 cm³/mol. The minimum absolute atomic E-state index is 0.196. The van der Waals surface area contributed by atoms with Crippen LogP contribution in [0.25, 0.3) is 0 Å². The fourth-order valence-corrected chi connectivity index (χ4v) is 1.82. The molecular formula is C16H16FNO3. The zero-order chi connectivity index (χ0) is 15.1. The summed E-state index contributed by atoms with van der Waals surface area (Å²) in [5.74, 6) is -0.921. The van der Waals surface area contributed by atoms with E-state index in [0.717, 1.165) is 5.56 Å². The molecule has 2 aromatic carbocycles. The molecule has 0 aliphatic rings. The van der Waals surface area contributed by atoms with Crippen molar-refractivity contribution in [1.29, 1.82) is 0 Å². The van der Waals surface area contributed by atoms with Crippen LogP contribution < -0.4 is 5.48 Å². The molecule has 21 heavy (non-hydrogen) atoms. The first-order valence-corrected chi connectivity index (χ1v) is 6.53. The number of halogens is 1. The van der Waals surface area contributed by atoms with Gasteiger partial charge in [-0.05, 0) is 23.3 Å². The number of amides is 1. The molecule has 0 aliphatic heterocycles. The third kappa shape index (κ3) is 4.98. The molecule has 0 aromatic heterocycles. The van der Waals surface area contributed by atoms with E-state index in [9.17, 15) is 14.3 Å². The third-order valence-corrected chi connectivity index (χ3v) is 2.88. The summed E-state index contributed by atoms with van der Waals surface area (Å²) < 4.78 is 13.0. The summed E-state index contributed by atoms with van der Waals surface area (Å²) in [6, 6.07) is 14.9. The molecule has 110 valence electrons. The minimum atomic E-state index is -1.07. The molecule has 0 aliphatic carbocycles. The van der Waals surface area contributed by atoms with Crippen LogP contribution in [0.4, 0.5) is 4.39 Å². The summed E-state index contributed by atoms with van der Waals surface area (Å²) in [5.41, 5.74) is 3.53. The normalized spacial score (nSPS) is 11.9. The van der Waals surface area contributed by atoms with Crippen LogP contribution in [0.3, 0.4) is 0 Å². The van der Waals surface area contributed by atoms with Gasteiger partial charge in [0.15, 0.2) is 0 Å². The Bertz CT molecular complexity index is 589. The van der Waals surface area contributed by atoms with E-state index in [0.29, 0.717) is 5.56 Å². The standard InChI is InChI=1S/C16H16FNO3/c17-14-8-4-7-13(9-14)15(19)10-16(20)18-21-11-12-5-2-1-3-6-12/h1-9,15,19H,10-11H2,(H,18,20)/t15-/m0/s1. The Kier molecular flexibility index (Phi) is 5.43. The van der Waals surface area contributed by atoms with Crippen molar-refractivity contribution < 1.29 is 19.1 Å². The first-order chi connectivity index (χ1) is 10.1. The van der Waals surface area contributed by atoms with Crippen LogP contribution in [0, 0.1) is 5.82 Å². The maximum Gasteiger partial charge on any atom is 0.246 e. The van der Waals surface area contributed by atoms with Crippen LogP contribution in [-0.2, 0) is 16.2 Å². The smallest absolute Gasteiger partial charge is 0.246 e. The highest BCUT2D eigenvalue weighted by atomic mass is 19.1. The predicted octanol–water partition coefficient (Wildman–Crippen LogP) is 2.50. The Balaban J connectivity index is 1.76. The summed E-state index contributed by atoms with van der Waals surface area (Å²) in [6.45, 7) is 0.239. The van der Waals surface area contributed by atoms with Crippen LogP contribution in [0.1, 0.15) is 23.7 Å². The molecule has 0 unspecified atom stereocenters. The number of hydroxylamine groups is 1. The second-order valence-electron chi connectivity index (χ2n) is 4.57. The first-order valence-electron chi connectivity index (χ1n) is 6.53. The summed E-state index contributed by atoms with van der Waals surface area (Å²) in [5, 5.41) is 9.85. The average molecular weight is 289 g/mol. The van der Waals surface area contributed by atoms with Crippen molar-refractivity contribution in [3.8, 4) is 0 Å². The third-order valence-electron chi connectivity index (χ3n) is 2.88. The van der Waals surface area contributed by atoms with Crippen molar-refractivity contribution in [2.24, 2.45) is 0 Å². The van der Waals surface area contributed by atoms with Gasteiger partial charge in [0.1, 0.15) is 5.82 Å². The molecule has 2 rings (SSSR count). The van der Waals surface area contributed by atoms with Gasteiger partial charge in [0.25, 0.3) is 0 Å². The lowest BCUT2D eigenvalue weighted by molar-refractivity contribution is -0.136. The second-order valence-corrected chi connectivity index (χ2v) is 4.57. The fourth-order valence-electron chi connectivity index (χ4n) is 1.82. The maximum absolute atomic E-state index is 13.0. The van der Waals surface area contributed by atoms with E-state index in [2.05, 4.69) is 5.48 Å². The number of rotatable bonds is 6. The summed E-state index contributed by atoms with van der Waals surface area (Å²) in [4.78, 5) is 16.7. The lowest BCUT2D eigenvalue weighted by Crippen LogP contribution is -2.25. The second kappa shape index (κ2) is 7.52. The molecule has 4 nitrogen and oxygen atoms in total. The zero-order valence-electron chi connectivity index (χ0n) is 11.3. The van der Waals surface area contributed by atoms with Crippen LogP contribution >= 0.6 is 0 Å². The number of hydrogen-bond donors (Lipinski definition) is 2. The summed E-state index contributed by atoms with van der Waals surface area (Å²) in [7, 11) is 0. The topological polar surface area (TPSA) is 58.6 Å². The van der Waals surface area contributed by atoms with Crippen molar-refractivity contribution in [3.63, 3.8) is 0 Å². The Morgan fingerprint density at radius 3 is 2.67 bits per heavy atom. The zero-order valence-corrected chi connectivity index (χ0v) is 11.3. The van der Waals surface area contributed by atoms with E-state index in [1.54, 1.807) is 6.07 Å². The van der Waals surface area contributed by atoms with Gasteiger partial charge in [-0.2, -0.15) is 0 Å². The number of aliphatic hydroxyl groups excluding tert-OH is 1. The number of nitrogens with one attached hydrogen (secondary N) is 1.